The molecule has 0 bridgehead atoms. The molecule has 1 aliphatic rings. The number of nitrogens with zero attached hydrogens (tertiary/aromatic N) is 2. The maximum Gasteiger partial charge on any atom is 0.178 e. The van der Waals surface area contributed by atoms with Crippen LogP contribution in [0.4, 0.5) is 0 Å². The zero-order chi connectivity index (χ0) is 17.4. The molecule has 1 aromatic heterocycles. The first-order valence-corrected chi connectivity index (χ1v) is 8.95. The summed E-state index contributed by atoms with van der Waals surface area (Å²) in [5.41, 5.74) is 1.80. The second-order valence-corrected chi connectivity index (χ2v) is 6.68. The molecule has 1 saturated heterocycles. The summed E-state index contributed by atoms with van der Waals surface area (Å²) in [6.45, 7) is 10.9. The maximum absolute atomic E-state index is 11.3. The number of piperidine rings is 1. The molecule has 5 nitrogen and oxygen atoms in total. The van der Waals surface area contributed by atoms with Gasteiger partial charge in [-0.2, -0.15) is 0 Å². The smallest absolute Gasteiger partial charge is 0.178 e. The molecule has 0 atom stereocenters. The van der Waals surface area contributed by atoms with Crippen molar-refractivity contribution in [1.82, 2.24) is 9.88 Å². The van der Waals surface area contributed by atoms with E-state index in [1.54, 1.807) is 6.92 Å². The molecular weight excluding hydrogens is 304 g/mol. The van der Waals surface area contributed by atoms with Crippen LogP contribution >= 0.6 is 0 Å². The fraction of sp³-hybridized carbons (Fsp3) is 0.684. The monoisotopic (exact) mass is 334 g/mol. The number of carbonyl (C=O) groups is 1. The molecule has 0 unspecified atom stereocenters. The number of hydrogen-bond acceptors (Lipinski definition) is 5. The van der Waals surface area contributed by atoms with E-state index in [0.717, 1.165) is 39.1 Å². The predicted octanol–water partition coefficient (Wildman–Crippen LogP) is 2.91. The minimum Gasteiger partial charge on any atom is -0.378 e. The zero-order valence-corrected chi connectivity index (χ0v) is 15.2. The molecular formula is C19H30N2O3. The molecule has 2 heterocycles. The molecule has 0 amide bonds. The van der Waals surface area contributed by atoms with Crippen molar-refractivity contribution < 1.29 is 14.3 Å². The zero-order valence-electron chi connectivity index (χ0n) is 15.2. The molecule has 1 aromatic rings. The van der Waals surface area contributed by atoms with Crippen molar-refractivity contribution in [2.75, 3.05) is 39.5 Å². The lowest BCUT2D eigenvalue weighted by Crippen LogP contribution is -2.35. The highest BCUT2D eigenvalue weighted by Crippen LogP contribution is 2.27. The van der Waals surface area contributed by atoms with Crippen LogP contribution < -0.4 is 0 Å². The number of pyridine rings is 1. The van der Waals surface area contributed by atoms with Crippen LogP contribution in [0.5, 0.6) is 0 Å². The van der Waals surface area contributed by atoms with Crippen LogP contribution in [-0.4, -0.2) is 61.2 Å². The van der Waals surface area contributed by atoms with Crippen LogP contribution in [-0.2, 0) is 9.47 Å². The second kappa shape index (κ2) is 9.87. The van der Waals surface area contributed by atoms with Gasteiger partial charge in [-0.25, -0.2) is 0 Å². The Morgan fingerprint density at radius 1 is 1.25 bits per heavy atom. The Bertz CT molecular complexity index is 494. The van der Waals surface area contributed by atoms with Gasteiger partial charge in [0, 0.05) is 19.7 Å². The molecule has 24 heavy (non-hydrogen) atoms. The highest BCUT2D eigenvalue weighted by Gasteiger charge is 2.20. The van der Waals surface area contributed by atoms with Gasteiger partial charge in [0.2, 0.25) is 0 Å². The molecule has 1 fully saturated rings. The molecule has 134 valence electrons. The average molecular weight is 334 g/mol. The Morgan fingerprint density at radius 3 is 2.58 bits per heavy atom. The van der Waals surface area contributed by atoms with E-state index in [1.807, 2.05) is 26.1 Å². The normalized spacial score (nSPS) is 16.7. The van der Waals surface area contributed by atoms with Crippen molar-refractivity contribution in [3.8, 4) is 0 Å². The first kappa shape index (κ1) is 19.0. The molecule has 0 aliphatic carbocycles. The third-order valence-electron chi connectivity index (χ3n) is 4.44. The largest absolute Gasteiger partial charge is 0.378 e. The Morgan fingerprint density at radius 2 is 2.00 bits per heavy atom. The second-order valence-electron chi connectivity index (χ2n) is 6.68. The standard InChI is InChI=1S/C19H30N2O3/c1-15(2)24-13-12-23-11-10-21-8-6-17(7-9-21)18-4-5-19(16(3)22)20-14-18/h4-5,14-15,17H,6-13H2,1-3H3. The number of Topliss-reactive ketones (excluding diaryl/α,β-unsaturated/α-hetero) is 1. The molecule has 0 saturated carbocycles. The van der Waals surface area contributed by atoms with E-state index in [0.29, 0.717) is 24.8 Å². The summed E-state index contributed by atoms with van der Waals surface area (Å²) < 4.78 is 11.1. The molecule has 5 heteroatoms. The Hall–Kier alpha value is -1.30. The summed E-state index contributed by atoms with van der Waals surface area (Å²) >= 11 is 0. The van der Waals surface area contributed by atoms with Crippen LogP contribution in [0, 0.1) is 0 Å². The lowest BCUT2D eigenvalue weighted by Gasteiger charge is -2.32. The average Bonchev–Trinajstić information content (AvgIpc) is 2.58. The summed E-state index contributed by atoms with van der Waals surface area (Å²) in [5.74, 6) is 0.574. The van der Waals surface area contributed by atoms with Crippen LogP contribution in [0.2, 0.25) is 0 Å². The van der Waals surface area contributed by atoms with Gasteiger partial charge < -0.3 is 14.4 Å². The van der Waals surface area contributed by atoms with Crippen molar-refractivity contribution in [2.24, 2.45) is 0 Å². The lowest BCUT2D eigenvalue weighted by molar-refractivity contribution is 0.0126. The van der Waals surface area contributed by atoms with Gasteiger partial charge in [0.1, 0.15) is 5.69 Å². The first-order chi connectivity index (χ1) is 11.6. The maximum atomic E-state index is 11.3. The quantitative estimate of drug-likeness (QED) is 0.513. The number of ketones is 1. The van der Waals surface area contributed by atoms with Crippen molar-refractivity contribution >= 4 is 5.78 Å². The molecule has 1 aliphatic heterocycles. The summed E-state index contributed by atoms with van der Waals surface area (Å²) in [6.07, 6.45) is 4.41. The van der Waals surface area contributed by atoms with Crippen LogP contribution in [0.15, 0.2) is 18.3 Å². The highest BCUT2D eigenvalue weighted by molar-refractivity contribution is 5.91. The highest BCUT2D eigenvalue weighted by atomic mass is 16.5. The lowest BCUT2D eigenvalue weighted by atomic mass is 9.90. The molecule has 0 spiro atoms. The predicted molar refractivity (Wildman–Crippen MR) is 94.6 cm³/mol. The van der Waals surface area contributed by atoms with E-state index in [2.05, 4.69) is 16.0 Å². The van der Waals surface area contributed by atoms with E-state index < -0.39 is 0 Å². The fourth-order valence-electron chi connectivity index (χ4n) is 2.98. The van der Waals surface area contributed by atoms with Crippen molar-refractivity contribution in [3.05, 3.63) is 29.6 Å². The number of aromatic nitrogens is 1. The number of carbonyl (C=O) groups excluding carboxylic acids is 1. The van der Waals surface area contributed by atoms with Gasteiger partial charge in [0.25, 0.3) is 0 Å². The van der Waals surface area contributed by atoms with Crippen LogP contribution in [0.25, 0.3) is 0 Å². The van der Waals surface area contributed by atoms with Crippen molar-refractivity contribution in [3.63, 3.8) is 0 Å². The summed E-state index contributed by atoms with van der Waals surface area (Å²) in [7, 11) is 0. The SMILES string of the molecule is CC(=O)c1ccc(C2CCN(CCOCCOC(C)C)CC2)cn1. The summed E-state index contributed by atoms with van der Waals surface area (Å²) in [6, 6.07) is 3.90. The van der Waals surface area contributed by atoms with Crippen LogP contribution in [0.1, 0.15) is 55.6 Å². The van der Waals surface area contributed by atoms with Gasteiger partial charge in [-0.15, -0.1) is 0 Å². The van der Waals surface area contributed by atoms with E-state index in [1.165, 1.54) is 5.56 Å². The van der Waals surface area contributed by atoms with Gasteiger partial charge >= 0.3 is 0 Å². The van der Waals surface area contributed by atoms with E-state index in [4.69, 9.17) is 9.47 Å². The van der Waals surface area contributed by atoms with Crippen molar-refractivity contribution in [1.29, 1.82) is 0 Å². The Labute approximate surface area is 145 Å². The fourth-order valence-corrected chi connectivity index (χ4v) is 2.98. The number of ether oxygens (including phenoxy) is 2. The number of rotatable bonds is 9. The summed E-state index contributed by atoms with van der Waals surface area (Å²) in [5, 5.41) is 0. The molecule has 2 rings (SSSR count). The van der Waals surface area contributed by atoms with E-state index in [9.17, 15) is 4.79 Å². The van der Waals surface area contributed by atoms with Crippen molar-refractivity contribution in [2.45, 2.75) is 45.6 Å². The van der Waals surface area contributed by atoms with Gasteiger partial charge in [-0.05, 0) is 57.3 Å². The third-order valence-corrected chi connectivity index (χ3v) is 4.44. The topological polar surface area (TPSA) is 51.7 Å². The third kappa shape index (κ3) is 6.30. The number of likely N-dealkylation sites (tertiary alicyclic amines) is 1. The van der Waals surface area contributed by atoms with Gasteiger partial charge in [0.05, 0.1) is 25.9 Å². The van der Waals surface area contributed by atoms with E-state index >= 15 is 0 Å². The van der Waals surface area contributed by atoms with Gasteiger partial charge in [0.15, 0.2) is 5.78 Å². The van der Waals surface area contributed by atoms with Crippen LogP contribution in [0.3, 0.4) is 0 Å². The minimum absolute atomic E-state index is 0.0233. The van der Waals surface area contributed by atoms with Gasteiger partial charge in [-0.3, -0.25) is 9.78 Å². The summed E-state index contributed by atoms with van der Waals surface area (Å²) in [4.78, 5) is 18.0. The Balaban J connectivity index is 1.63. The molecule has 0 radical (unpaired) electrons. The minimum atomic E-state index is 0.0233. The first-order valence-electron chi connectivity index (χ1n) is 8.95. The van der Waals surface area contributed by atoms with Gasteiger partial charge in [-0.1, -0.05) is 6.07 Å². The molecule has 0 aromatic carbocycles. The number of hydrogen-bond donors (Lipinski definition) is 0. The Kier molecular flexibility index (Phi) is 7.82. The molecule has 0 N–H and O–H groups in total. The van der Waals surface area contributed by atoms with E-state index in [-0.39, 0.29) is 11.9 Å².